The molecule has 1 heterocycles. The van der Waals surface area contributed by atoms with E-state index in [4.69, 9.17) is 0 Å². The van der Waals surface area contributed by atoms with Crippen LogP contribution in [0.2, 0.25) is 0 Å². The van der Waals surface area contributed by atoms with Crippen molar-refractivity contribution < 1.29 is 0 Å². The average molecular weight is 305 g/mol. The minimum absolute atomic E-state index is 0.220. The third kappa shape index (κ3) is 2.17. The lowest BCUT2D eigenvalue weighted by Gasteiger charge is -2.31. The van der Waals surface area contributed by atoms with Crippen molar-refractivity contribution in [2.75, 3.05) is 16.8 Å². The molecule has 0 radical (unpaired) electrons. The van der Waals surface area contributed by atoms with Gasteiger partial charge in [0.15, 0.2) is 0 Å². The Morgan fingerprint density at radius 1 is 0.957 bits per heavy atom. The van der Waals surface area contributed by atoms with Crippen LogP contribution in [0.5, 0.6) is 0 Å². The van der Waals surface area contributed by atoms with Crippen molar-refractivity contribution in [2.24, 2.45) is 0 Å². The number of hydrogen-bond acceptors (Lipinski definition) is 3. The number of rotatable bonds is 1. The van der Waals surface area contributed by atoms with Crippen molar-refractivity contribution in [1.29, 1.82) is 5.26 Å². The van der Waals surface area contributed by atoms with Crippen molar-refractivity contribution in [3.8, 4) is 6.07 Å². The molecule has 0 spiro atoms. The second kappa shape index (κ2) is 5.31. The third-order valence-corrected chi connectivity index (χ3v) is 5.25. The number of nitriles is 1. The lowest BCUT2D eigenvalue weighted by molar-refractivity contribution is 0.730. The van der Waals surface area contributed by atoms with Crippen molar-refractivity contribution in [3.05, 3.63) is 52.1 Å². The topological polar surface area (TPSA) is 30.3 Å². The van der Waals surface area contributed by atoms with E-state index >= 15 is 0 Å². The molecule has 0 aliphatic carbocycles. The van der Waals surface area contributed by atoms with Gasteiger partial charge in [0.1, 0.15) is 6.17 Å². The van der Waals surface area contributed by atoms with Crippen LogP contribution in [0.3, 0.4) is 0 Å². The molecule has 2 aromatic rings. The predicted molar refractivity (Wildman–Crippen MR) is 96.6 cm³/mol. The van der Waals surface area contributed by atoms with Crippen molar-refractivity contribution >= 4 is 17.1 Å². The molecule has 0 aromatic heterocycles. The number of anilines is 3. The molecule has 118 valence electrons. The van der Waals surface area contributed by atoms with Gasteiger partial charge in [-0.15, -0.1) is 0 Å². The van der Waals surface area contributed by atoms with E-state index in [-0.39, 0.29) is 6.17 Å². The fraction of sp³-hybridized carbons (Fsp3) is 0.350. The van der Waals surface area contributed by atoms with E-state index in [0.717, 1.165) is 5.69 Å². The van der Waals surface area contributed by atoms with E-state index in [1.54, 1.807) is 0 Å². The zero-order valence-electron chi connectivity index (χ0n) is 14.7. The van der Waals surface area contributed by atoms with Gasteiger partial charge in [-0.1, -0.05) is 6.07 Å². The Morgan fingerprint density at radius 2 is 1.57 bits per heavy atom. The summed E-state index contributed by atoms with van der Waals surface area (Å²) in [5.74, 6) is 0. The van der Waals surface area contributed by atoms with Gasteiger partial charge < -0.3 is 9.80 Å². The van der Waals surface area contributed by atoms with Gasteiger partial charge in [-0.05, 0) is 75.1 Å². The molecule has 0 saturated carbocycles. The smallest absolute Gasteiger partial charge is 0.103 e. The third-order valence-electron chi connectivity index (χ3n) is 5.25. The van der Waals surface area contributed by atoms with E-state index < -0.39 is 0 Å². The number of fused-ring (bicyclic) bond motifs is 1. The van der Waals surface area contributed by atoms with Crippen molar-refractivity contribution in [3.63, 3.8) is 0 Å². The Bertz CT molecular complexity index is 804. The first kappa shape index (κ1) is 15.4. The Morgan fingerprint density at radius 3 is 2.13 bits per heavy atom. The molecular weight excluding hydrogens is 282 g/mol. The monoisotopic (exact) mass is 305 g/mol. The fourth-order valence-electron chi connectivity index (χ4n) is 3.52. The molecule has 1 aliphatic heterocycles. The molecule has 23 heavy (non-hydrogen) atoms. The highest BCUT2D eigenvalue weighted by Crippen LogP contribution is 2.46. The number of nitrogens with zero attached hydrogens (tertiary/aromatic N) is 3. The van der Waals surface area contributed by atoms with Gasteiger partial charge in [-0.3, -0.25) is 0 Å². The van der Waals surface area contributed by atoms with Gasteiger partial charge in [-0.25, -0.2) is 0 Å². The van der Waals surface area contributed by atoms with Crippen LogP contribution in [0.15, 0.2) is 24.3 Å². The summed E-state index contributed by atoms with van der Waals surface area (Å²) >= 11 is 0. The minimum atomic E-state index is 0.220. The molecule has 0 bridgehead atoms. The maximum atomic E-state index is 9.27. The zero-order valence-corrected chi connectivity index (χ0v) is 14.7. The largest absolute Gasteiger partial charge is 0.353 e. The Hall–Kier alpha value is -2.47. The highest BCUT2D eigenvalue weighted by molar-refractivity contribution is 5.86. The number of aryl methyl sites for hydroxylation is 2. The highest BCUT2D eigenvalue weighted by atomic mass is 15.4. The zero-order chi connectivity index (χ0) is 16.9. The molecule has 1 atom stereocenters. The van der Waals surface area contributed by atoms with E-state index in [2.05, 4.69) is 69.7 Å². The van der Waals surface area contributed by atoms with Crippen LogP contribution in [0.1, 0.15) is 34.7 Å². The van der Waals surface area contributed by atoms with Crippen LogP contribution in [0, 0.1) is 39.0 Å². The maximum absolute atomic E-state index is 9.27. The molecule has 2 aromatic carbocycles. The van der Waals surface area contributed by atoms with Crippen LogP contribution in [-0.4, -0.2) is 13.2 Å². The second-order valence-electron chi connectivity index (χ2n) is 6.54. The maximum Gasteiger partial charge on any atom is 0.103 e. The first-order valence-corrected chi connectivity index (χ1v) is 8.00. The van der Waals surface area contributed by atoms with Gasteiger partial charge in [-0.2, -0.15) is 5.26 Å². The quantitative estimate of drug-likeness (QED) is 0.763. The van der Waals surface area contributed by atoms with Crippen molar-refractivity contribution in [1.82, 2.24) is 0 Å². The normalized spacial score (nSPS) is 16.5. The summed E-state index contributed by atoms with van der Waals surface area (Å²) in [6.07, 6.45) is 0.220. The molecular formula is C20H23N3. The van der Waals surface area contributed by atoms with Gasteiger partial charge in [0.05, 0.1) is 23.0 Å². The summed E-state index contributed by atoms with van der Waals surface area (Å²) in [7, 11) is 2.11. The Labute approximate surface area is 138 Å². The van der Waals surface area contributed by atoms with Crippen LogP contribution in [-0.2, 0) is 0 Å². The van der Waals surface area contributed by atoms with Crippen molar-refractivity contribution in [2.45, 2.75) is 40.8 Å². The first-order chi connectivity index (χ1) is 10.9. The second-order valence-corrected chi connectivity index (χ2v) is 6.54. The van der Waals surface area contributed by atoms with Gasteiger partial charge in [0, 0.05) is 12.7 Å². The van der Waals surface area contributed by atoms with Gasteiger partial charge >= 0.3 is 0 Å². The van der Waals surface area contributed by atoms with Gasteiger partial charge in [0.2, 0.25) is 0 Å². The predicted octanol–water partition coefficient (Wildman–Crippen LogP) is 4.73. The van der Waals surface area contributed by atoms with E-state index in [1.807, 2.05) is 12.1 Å². The summed E-state index contributed by atoms with van der Waals surface area (Å²) in [6, 6.07) is 10.5. The summed E-state index contributed by atoms with van der Waals surface area (Å²) in [4.78, 5) is 4.65. The summed E-state index contributed by atoms with van der Waals surface area (Å²) in [6.45, 7) is 10.9. The minimum Gasteiger partial charge on any atom is -0.353 e. The molecule has 0 unspecified atom stereocenters. The SMILES string of the molecule is Cc1cc(C)c(C)c(N2c3cc(C#N)ccc3N(C)[C@@H]2C)c1C. The Balaban J connectivity index is 2.29. The van der Waals surface area contributed by atoms with E-state index in [1.165, 1.54) is 33.6 Å². The highest BCUT2D eigenvalue weighted by Gasteiger charge is 2.33. The molecule has 0 N–H and O–H groups in total. The molecule has 3 rings (SSSR count). The van der Waals surface area contributed by atoms with Crippen LogP contribution in [0.4, 0.5) is 17.1 Å². The molecule has 1 aliphatic rings. The fourth-order valence-corrected chi connectivity index (χ4v) is 3.52. The number of hydrogen-bond donors (Lipinski definition) is 0. The summed E-state index contributed by atoms with van der Waals surface area (Å²) in [5, 5.41) is 9.27. The Kier molecular flexibility index (Phi) is 3.56. The average Bonchev–Trinajstić information content (AvgIpc) is 2.78. The number of benzene rings is 2. The molecule has 3 nitrogen and oxygen atoms in total. The first-order valence-electron chi connectivity index (χ1n) is 8.00. The summed E-state index contributed by atoms with van der Waals surface area (Å²) in [5.41, 5.74) is 9.51. The molecule has 0 fully saturated rings. The van der Waals surface area contributed by atoms with E-state index in [9.17, 15) is 5.26 Å². The summed E-state index contributed by atoms with van der Waals surface area (Å²) < 4.78 is 0. The van der Waals surface area contributed by atoms with Crippen LogP contribution < -0.4 is 9.80 Å². The van der Waals surface area contributed by atoms with Gasteiger partial charge in [0.25, 0.3) is 0 Å². The molecule has 3 heteroatoms. The lowest BCUT2D eigenvalue weighted by atomic mass is 9.97. The molecule has 0 saturated heterocycles. The van der Waals surface area contributed by atoms with Crippen LogP contribution in [0.25, 0.3) is 0 Å². The standard InChI is InChI=1S/C20H23N3/c1-12-9-13(2)15(4)20(14(12)3)23-16(5)22(6)18-8-7-17(11-21)10-19(18)23/h7-10,16H,1-6H3/t16-/m0/s1. The lowest BCUT2D eigenvalue weighted by Crippen LogP contribution is -2.36. The van der Waals surface area contributed by atoms with E-state index in [0.29, 0.717) is 5.56 Å². The molecule has 0 amide bonds. The van der Waals surface area contributed by atoms with Crippen LogP contribution >= 0.6 is 0 Å².